The van der Waals surface area contributed by atoms with Crippen LogP contribution < -0.4 is 0 Å². The maximum atomic E-state index is 4.31. The van der Waals surface area contributed by atoms with Gasteiger partial charge in [0.15, 0.2) is 0 Å². The molecule has 0 unspecified atom stereocenters. The van der Waals surface area contributed by atoms with E-state index in [1.54, 1.807) is 0 Å². The van der Waals surface area contributed by atoms with Crippen LogP contribution in [0, 0.1) is 0 Å². The molecule has 112 valence electrons. The van der Waals surface area contributed by atoms with E-state index in [2.05, 4.69) is 73.9 Å². The van der Waals surface area contributed by atoms with Gasteiger partial charge in [0.05, 0.1) is 6.54 Å². The molecule has 0 amide bonds. The third-order valence-electron chi connectivity index (χ3n) is 4.03. The Bertz CT molecular complexity index is 640. The van der Waals surface area contributed by atoms with Gasteiger partial charge in [0.1, 0.15) is 0 Å². The minimum absolute atomic E-state index is 0.865. The summed E-state index contributed by atoms with van der Waals surface area (Å²) < 4.78 is 2.31. The van der Waals surface area contributed by atoms with Gasteiger partial charge in [-0.15, -0.1) is 12.6 Å². The molecule has 1 aromatic heterocycles. The molecule has 0 spiro atoms. The van der Waals surface area contributed by atoms with E-state index in [0.29, 0.717) is 0 Å². The van der Waals surface area contributed by atoms with Crippen molar-refractivity contribution in [2.45, 2.75) is 40.8 Å². The van der Waals surface area contributed by atoms with Crippen LogP contribution in [-0.4, -0.2) is 9.47 Å². The van der Waals surface area contributed by atoms with Crippen molar-refractivity contribution in [1.29, 1.82) is 0 Å². The molecule has 2 heterocycles. The van der Waals surface area contributed by atoms with Crippen LogP contribution in [0.25, 0.3) is 0 Å². The molecule has 0 saturated carbocycles. The topological polar surface area (TPSA) is 8.17 Å². The van der Waals surface area contributed by atoms with E-state index in [0.717, 1.165) is 29.3 Å². The summed E-state index contributed by atoms with van der Waals surface area (Å²) in [6, 6.07) is 4.29. The third-order valence-corrected chi connectivity index (χ3v) is 4.18. The van der Waals surface area contributed by atoms with Crippen LogP contribution in [0.2, 0.25) is 0 Å². The molecule has 0 bridgehead atoms. The summed E-state index contributed by atoms with van der Waals surface area (Å²) in [5, 5.41) is 0. The highest BCUT2D eigenvalue weighted by molar-refractivity contribution is 7.84. The summed E-state index contributed by atoms with van der Waals surface area (Å²) in [6.07, 6.45) is 6.24. The van der Waals surface area contributed by atoms with Gasteiger partial charge in [-0.1, -0.05) is 18.7 Å². The average molecular weight is 300 g/mol. The summed E-state index contributed by atoms with van der Waals surface area (Å²) in [7, 11) is 0. The predicted molar refractivity (Wildman–Crippen MR) is 94.0 cm³/mol. The van der Waals surface area contributed by atoms with E-state index in [9.17, 15) is 0 Å². The lowest BCUT2D eigenvalue weighted by atomic mass is 10.1. The molecule has 0 radical (unpaired) electrons. The van der Waals surface area contributed by atoms with Crippen LogP contribution in [0.4, 0.5) is 0 Å². The van der Waals surface area contributed by atoms with E-state index in [4.69, 9.17) is 0 Å². The summed E-state index contributed by atoms with van der Waals surface area (Å²) in [5.41, 5.74) is 6.20. The first-order chi connectivity index (χ1) is 9.90. The highest BCUT2D eigenvalue weighted by Gasteiger charge is 2.19. The second kappa shape index (κ2) is 6.44. The van der Waals surface area contributed by atoms with Crippen molar-refractivity contribution >= 4 is 12.6 Å². The lowest BCUT2D eigenvalue weighted by molar-refractivity contribution is 0.424. The van der Waals surface area contributed by atoms with Crippen LogP contribution in [0.5, 0.6) is 0 Å². The predicted octanol–water partition coefficient (Wildman–Crippen LogP) is 4.89. The Hall–Kier alpha value is -1.61. The Morgan fingerprint density at radius 2 is 1.95 bits per heavy atom. The van der Waals surface area contributed by atoms with Crippen molar-refractivity contribution in [3.63, 3.8) is 0 Å². The van der Waals surface area contributed by atoms with Crippen molar-refractivity contribution in [3.05, 3.63) is 70.2 Å². The Balaban J connectivity index is 2.34. The number of allylic oxidation sites excluding steroid dienone is 6. The number of rotatable bonds is 3. The summed E-state index contributed by atoms with van der Waals surface area (Å²) >= 11 is 4.31. The number of nitrogens with zero attached hydrogens (tertiary/aromatic N) is 2. The van der Waals surface area contributed by atoms with Crippen LogP contribution in [0.3, 0.4) is 0 Å². The Kier molecular flexibility index (Phi) is 4.84. The van der Waals surface area contributed by atoms with Crippen LogP contribution in [0.15, 0.2) is 64.5 Å². The van der Waals surface area contributed by atoms with Crippen molar-refractivity contribution in [2.75, 3.05) is 0 Å². The fourth-order valence-electron chi connectivity index (χ4n) is 2.48. The molecule has 0 aromatic carbocycles. The second-order valence-electron chi connectivity index (χ2n) is 5.68. The molecule has 21 heavy (non-hydrogen) atoms. The quantitative estimate of drug-likeness (QED) is 0.617. The molecular weight excluding hydrogens is 276 g/mol. The summed E-state index contributed by atoms with van der Waals surface area (Å²) in [4.78, 5) is 3.30. The molecule has 0 saturated heterocycles. The Morgan fingerprint density at radius 1 is 1.24 bits per heavy atom. The van der Waals surface area contributed by atoms with Crippen LogP contribution in [-0.2, 0) is 13.1 Å². The van der Waals surface area contributed by atoms with Gasteiger partial charge in [-0.3, -0.25) is 0 Å². The van der Waals surface area contributed by atoms with Crippen LogP contribution in [0.1, 0.15) is 33.4 Å². The molecule has 3 heteroatoms. The molecule has 0 aliphatic carbocycles. The molecule has 1 aliphatic rings. The fraction of sp³-hybridized carbons (Fsp3) is 0.333. The average Bonchev–Trinajstić information content (AvgIpc) is 2.83. The van der Waals surface area contributed by atoms with Gasteiger partial charge >= 0.3 is 0 Å². The molecule has 2 nitrogen and oxygen atoms in total. The number of aromatic nitrogens is 1. The highest BCUT2D eigenvalue weighted by atomic mass is 32.1. The molecular formula is C18H24N2S. The van der Waals surface area contributed by atoms with E-state index >= 15 is 0 Å². The molecule has 1 aliphatic heterocycles. The van der Waals surface area contributed by atoms with Crippen LogP contribution >= 0.6 is 12.6 Å². The van der Waals surface area contributed by atoms with Crippen molar-refractivity contribution < 1.29 is 0 Å². The smallest absolute Gasteiger partial charge is 0.0630 e. The van der Waals surface area contributed by atoms with Crippen molar-refractivity contribution in [1.82, 2.24) is 9.47 Å². The summed E-state index contributed by atoms with van der Waals surface area (Å²) in [6.45, 7) is 14.6. The van der Waals surface area contributed by atoms with Gasteiger partial charge in [0.25, 0.3) is 0 Å². The molecule has 0 fully saturated rings. The minimum Gasteiger partial charge on any atom is -0.346 e. The SMILES string of the molecule is C=C(/C(C)=C/C=C(\C)S)N1Cc2cccn2CC(C)=C1C. The second-order valence-corrected chi connectivity index (χ2v) is 6.39. The summed E-state index contributed by atoms with van der Waals surface area (Å²) in [5.74, 6) is 0. The first kappa shape index (κ1) is 15.8. The number of hydrogen-bond donors (Lipinski definition) is 1. The lowest BCUT2D eigenvalue weighted by Gasteiger charge is -2.27. The zero-order valence-corrected chi connectivity index (χ0v) is 14.2. The number of thiol groups is 1. The molecule has 2 rings (SSSR count). The zero-order chi connectivity index (χ0) is 15.6. The standard InChI is InChI=1S/C18H24N2S/c1-13(8-9-15(3)21)16(4)20-12-18-7-6-10-19(18)11-14(2)17(20)5/h6-10,21H,4,11-12H2,1-3,5H3/b13-8+,15-9+. The minimum atomic E-state index is 0.865. The normalized spacial score (nSPS) is 16.9. The van der Waals surface area contributed by atoms with Gasteiger partial charge in [-0.25, -0.2) is 0 Å². The van der Waals surface area contributed by atoms with E-state index in [-0.39, 0.29) is 0 Å². The van der Waals surface area contributed by atoms with Crippen molar-refractivity contribution in [2.24, 2.45) is 0 Å². The Morgan fingerprint density at radius 3 is 2.62 bits per heavy atom. The lowest BCUT2D eigenvalue weighted by Crippen LogP contribution is -2.21. The van der Waals surface area contributed by atoms with Gasteiger partial charge in [0.2, 0.25) is 0 Å². The first-order valence-corrected chi connectivity index (χ1v) is 7.66. The fourth-order valence-corrected chi connectivity index (χ4v) is 2.56. The first-order valence-electron chi connectivity index (χ1n) is 7.21. The monoisotopic (exact) mass is 300 g/mol. The van der Waals surface area contributed by atoms with Gasteiger partial charge in [-0.2, -0.15) is 0 Å². The highest BCUT2D eigenvalue weighted by Crippen LogP contribution is 2.27. The van der Waals surface area contributed by atoms with E-state index in [1.807, 2.05) is 13.0 Å². The van der Waals surface area contributed by atoms with Gasteiger partial charge in [-0.05, 0) is 55.9 Å². The number of fused-ring (bicyclic) bond motifs is 1. The van der Waals surface area contributed by atoms with E-state index in [1.165, 1.54) is 17.0 Å². The van der Waals surface area contributed by atoms with E-state index < -0.39 is 0 Å². The molecule has 1 aromatic rings. The van der Waals surface area contributed by atoms with Gasteiger partial charge < -0.3 is 9.47 Å². The zero-order valence-electron chi connectivity index (χ0n) is 13.3. The Labute approximate surface area is 133 Å². The molecule has 0 N–H and O–H groups in total. The number of hydrogen-bond acceptors (Lipinski definition) is 2. The maximum Gasteiger partial charge on any atom is 0.0630 e. The maximum absolute atomic E-state index is 4.31. The van der Waals surface area contributed by atoms with Crippen molar-refractivity contribution in [3.8, 4) is 0 Å². The molecule has 0 atom stereocenters. The third kappa shape index (κ3) is 3.53. The van der Waals surface area contributed by atoms with Gasteiger partial charge in [0, 0.05) is 29.8 Å². The largest absolute Gasteiger partial charge is 0.346 e.